The van der Waals surface area contributed by atoms with Crippen LogP contribution in [0.3, 0.4) is 0 Å². The average molecular weight is 393 g/mol. The molecule has 0 bridgehead atoms. The molecule has 0 spiro atoms. The Morgan fingerprint density at radius 1 is 1.08 bits per heavy atom. The Kier molecular flexibility index (Phi) is 5.97. The molecule has 0 radical (unpaired) electrons. The van der Waals surface area contributed by atoms with Crippen LogP contribution in [-0.2, 0) is 6.42 Å². The summed E-state index contributed by atoms with van der Waals surface area (Å²) in [5.41, 5.74) is 9.60. The van der Waals surface area contributed by atoms with Crippen molar-refractivity contribution in [2.45, 2.75) is 19.3 Å². The summed E-state index contributed by atoms with van der Waals surface area (Å²) in [6, 6.07) is 9.53. The third-order valence-corrected chi connectivity index (χ3v) is 5.00. The van der Waals surface area contributed by atoms with Crippen LogP contribution < -0.4 is 15.2 Å². The zero-order chi connectivity index (χ0) is 18.7. The summed E-state index contributed by atoms with van der Waals surface area (Å²) in [7, 11) is 3.27. The maximum atomic E-state index is 6.44. The Balaban J connectivity index is 2.25. The van der Waals surface area contributed by atoms with Crippen molar-refractivity contribution in [1.82, 2.24) is 4.98 Å². The smallest absolute Gasteiger partial charge is 0.170 e. The van der Waals surface area contributed by atoms with E-state index in [9.17, 15) is 0 Å². The van der Waals surface area contributed by atoms with Crippen molar-refractivity contribution >= 4 is 34.1 Å². The molecule has 138 valence electrons. The van der Waals surface area contributed by atoms with Crippen LogP contribution in [0.5, 0.6) is 11.5 Å². The van der Waals surface area contributed by atoms with Gasteiger partial charge in [0.15, 0.2) is 11.5 Å². The van der Waals surface area contributed by atoms with Crippen LogP contribution in [0.25, 0.3) is 22.2 Å². The standard InChI is InChI=1S/C20H22Cl2N2O2/c1-25-17-8-5-7-14(20(17)26-2)18-13(6-3-4-9-23)15-10-12(21)11-16(22)19(15)24-18/h5,7-8,10-11,24H,3-4,6,9,23H2,1-2H3. The van der Waals surface area contributed by atoms with E-state index >= 15 is 0 Å². The highest BCUT2D eigenvalue weighted by molar-refractivity contribution is 6.38. The number of nitrogens with two attached hydrogens (primary N) is 1. The number of benzene rings is 2. The first kappa shape index (κ1) is 18.9. The van der Waals surface area contributed by atoms with Gasteiger partial charge in [-0.25, -0.2) is 0 Å². The van der Waals surface area contributed by atoms with Crippen molar-refractivity contribution in [2.24, 2.45) is 5.73 Å². The fourth-order valence-corrected chi connectivity index (χ4v) is 3.83. The van der Waals surface area contributed by atoms with Crippen LogP contribution in [0.15, 0.2) is 30.3 Å². The maximum Gasteiger partial charge on any atom is 0.170 e. The number of fused-ring (bicyclic) bond motifs is 1. The van der Waals surface area contributed by atoms with E-state index in [2.05, 4.69) is 4.98 Å². The number of nitrogens with one attached hydrogen (secondary N) is 1. The molecule has 0 aliphatic heterocycles. The Bertz CT molecular complexity index is 922. The monoisotopic (exact) mass is 392 g/mol. The van der Waals surface area contributed by atoms with Crippen molar-refractivity contribution < 1.29 is 9.47 Å². The molecule has 0 unspecified atom stereocenters. The maximum absolute atomic E-state index is 6.44. The Morgan fingerprint density at radius 2 is 1.88 bits per heavy atom. The zero-order valence-corrected chi connectivity index (χ0v) is 16.4. The molecule has 26 heavy (non-hydrogen) atoms. The molecule has 3 aromatic rings. The van der Waals surface area contributed by atoms with Crippen LogP contribution >= 0.6 is 23.2 Å². The molecule has 3 N–H and O–H groups in total. The number of halogens is 2. The lowest BCUT2D eigenvalue weighted by Crippen LogP contribution is -2.00. The minimum absolute atomic E-state index is 0.598. The van der Waals surface area contributed by atoms with Crippen LogP contribution in [-0.4, -0.2) is 25.7 Å². The fraction of sp³-hybridized carbons (Fsp3) is 0.300. The molecule has 0 amide bonds. The number of para-hydroxylation sites is 1. The van der Waals surface area contributed by atoms with Gasteiger partial charge in [-0.2, -0.15) is 0 Å². The van der Waals surface area contributed by atoms with Gasteiger partial charge in [0.25, 0.3) is 0 Å². The van der Waals surface area contributed by atoms with Gasteiger partial charge < -0.3 is 20.2 Å². The first-order chi connectivity index (χ1) is 12.6. The molecular formula is C20H22Cl2N2O2. The summed E-state index contributed by atoms with van der Waals surface area (Å²) < 4.78 is 11.1. The van der Waals surface area contributed by atoms with Crippen molar-refractivity contribution in [1.29, 1.82) is 0 Å². The first-order valence-electron chi connectivity index (χ1n) is 8.51. The number of unbranched alkanes of at least 4 members (excludes halogenated alkanes) is 1. The molecule has 0 atom stereocenters. The molecule has 4 nitrogen and oxygen atoms in total. The van der Waals surface area contributed by atoms with Crippen LogP contribution in [0.4, 0.5) is 0 Å². The number of hydrogen-bond acceptors (Lipinski definition) is 3. The third kappa shape index (κ3) is 3.50. The highest BCUT2D eigenvalue weighted by Gasteiger charge is 2.20. The third-order valence-electron chi connectivity index (χ3n) is 4.49. The number of aryl methyl sites for hydroxylation is 1. The quantitative estimate of drug-likeness (QED) is 0.526. The van der Waals surface area contributed by atoms with Gasteiger partial charge in [-0.05, 0) is 55.6 Å². The van der Waals surface area contributed by atoms with Gasteiger partial charge in [0.2, 0.25) is 0 Å². The van der Waals surface area contributed by atoms with Gasteiger partial charge >= 0.3 is 0 Å². The number of aromatic amines is 1. The van der Waals surface area contributed by atoms with Gasteiger partial charge in [-0.3, -0.25) is 0 Å². The lowest BCUT2D eigenvalue weighted by Gasteiger charge is -2.13. The number of H-pyrrole nitrogens is 1. The molecule has 6 heteroatoms. The summed E-state index contributed by atoms with van der Waals surface area (Å²) >= 11 is 12.7. The number of rotatable bonds is 7. The SMILES string of the molecule is COc1cccc(-c2[nH]c3c(Cl)cc(Cl)cc3c2CCCCN)c1OC. The first-order valence-corrected chi connectivity index (χ1v) is 9.27. The lowest BCUT2D eigenvalue weighted by atomic mass is 9.99. The molecule has 3 rings (SSSR count). The van der Waals surface area contributed by atoms with Gasteiger partial charge in [0, 0.05) is 16.0 Å². The highest BCUT2D eigenvalue weighted by Crippen LogP contribution is 2.42. The van der Waals surface area contributed by atoms with Crippen molar-refractivity contribution in [3.05, 3.63) is 45.9 Å². The average Bonchev–Trinajstić information content (AvgIpc) is 3.00. The largest absolute Gasteiger partial charge is 0.493 e. The van der Waals surface area contributed by atoms with E-state index in [-0.39, 0.29) is 0 Å². The van der Waals surface area contributed by atoms with E-state index in [4.69, 9.17) is 38.4 Å². The predicted octanol–water partition coefficient (Wildman–Crippen LogP) is 5.44. The van der Waals surface area contributed by atoms with E-state index in [0.29, 0.717) is 28.1 Å². The van der Waals surface area contributed by atoms with E-state index in [0.717, 1.165) is 47.0 Å². The van der Waals surface area contributed by atoms with Crippen LogP contribution in [0, 0.1) is 0 Å². The van der Waals surface area contributed by atoms with Crippen LogP contribution in [0.1, 0.15) is 18.4 Å². The highest BCUT2D eigenvalue weighted by atomic mass is 35.5. The molecule has 1 aromatic heterocycles. The molecule has 0 fully saturated rings. The van der Waals surface area contributed by atoms with E-state index in [1.165, 1.54) is 0 Å². The second kappa shape index (κ2) is 8.21. The van der Waals surface area contributed by atoms with E-state index < -0.39 is 0 Å². The van der Waals surface area contributed by atoms with Crippen molar-refractivity contribution in [3.8, 4) is 22.8 Å². The molecule has 2 aromatic carbocycles. The topological polar surface area (TPSA) is 60.3 Å². The number of hydrogen-bond donors (Lipinski definition) is 2. The fourth-order valence-electron chi connectivity index (χ4n) is 3.29. The molecule has 1 heterocycles. The lowest BCUT2D eigenvalue weighted by molar-refractivity contribution is 0.356. The Hall–Kier alpha value is -1.88. The van der Waals surface area contributed by atoms with E-state index in [1.807, 2.05) is 24.3 Å². The Labute approximate surface area is 163 Å². The molecule has 0 saturated heterocycles. The minimum atomic E-state index is 0.598. The van der Waals surface area contributed by atoms with E-state index in [1.54, 1.807) is 20.3 Å². The minimum Gasteiger partial charge on any atom is -0.493 e. The van der Waals surface area contributed by atoms with Crippen molar-refractivity contribution in [3.63, 3.8) is 0 Å². The number of aromatic nitrogens is 1. The molecule has 0 saturated carbocycles. The second-order valence-corrected chi connectivity index (χ2v) is 6.92. The normalized spacial score (nSPS) is 11.1. The summed E-state index contributed by atoms with van der Waals surface area (Å²) in [6.45, 7) is 0.668. The van der Waals surface area contributed by atoms with Gasteiger partial charge in [0.05, 0.1) is 30.5 Å². The Morgan fingerprint density at radius 3 is 2.58 bits per heavy atom. The molecular weight excluding hydrogens is 371 g/mol. The second-order valence-electron chi connectivity index (χ2n) is 6.08. The summed E-state index contributed by atoms with van der Waals surface area (Å²) in [5.74, 6) is 1.37. The van der Waals surface area contributed by atoms with Crippen molar-refractivity contribution in [2.75, 3.05) is 20.8 Å². The zero-order valence-electron chi connectivity index (χ0n) is 14.9. The number of ether oxygens (including phenoxy) is 2. The summed E-state index contributed by atoms with van der Waals surface area (Å²) in [5, 5.41) is 2.24. The number of methoxy groups -OCH3 is 2. The molecule has 0 aliphatic carbocycles. The summed E-state index contributed by atoms with van der Waals surface area (Å²) in [4.78, 5) is 3.47. The van der Waals surface area contributed by atoms with Gasteiger partial charge in [-0.1, -0.05) is 29.3 Å². The van der Waals surface area contributed by atoms with Crippen LogP contribution in [0.2, 0.25) is 10.0 Å². The predicted molar refractivity (Wildman–Crippen MR) is 109 cm³/mol. The van der Waals surface area contributed by atoms with Gasteiger partial charge in [0.1, 0.15) is 0 Å². The van der Waals surface area contributed by atoms with Gasteiger partial charge in [-0.15, -0.1) is 0 Å². The molecule has 0 aliphatic rings. The summed E-state index contributed by atoms with van der Waals surface area (Å²) in [6.07, 6.45) is 2.80.